The molecule has 2 amide bonds. The summed E-state index contributed by atoms with van der Waals surface area (Å²) in [6.07, 6.45) is -0.0363. The third-order valence-electron chi connectivity index (χ3n) is 6.24. The van der Waals surface area contributed by atoms with Crippen LogP contribution >= 0.6 is 11.6 Å². The molecular formula is C27H29ClN2O7. The summed E-state index contributed by atoms with van der Waals surface area (Å²) in [7, 11) is 1.52. The number of carbonyl (C=O) groups is 3. The summed E-state index contributed by atoms with van der Waals surface area (Å²) in [4.78, 5) is 50.1. The maximum absolute atomic E-state index is 12.8. The Bertz CT molecular complexity index is 1380. The fourth-order valence-electron chi connectivity index (χ4n) is 4.08. The number of carbonyl (C=O) groups excluding carboxylic acids is 2. The molecule has 3 rings (SSSR count). The van der Waals surface area contributed by atoms with E-state index in [1.165, 1.54) is 7.11 Å². The van der Waals surface area contributed by atoms with Crippen LogP contribution in [0.4, 0.5) is 0 Å². The number of aryl methyl sites for hydroxylation is 2. The minimum Gasteiger partial charge on any atom is -0.496 e. The summed E-state index contributed by atoms with van der Waals surface area (Å²) in [5, 5.41) is 15.9. The van der Waals surface area contributed by atoms with Crippen molar-refractivity contribution in [1.82, 2.24) is 10.6 Å². The lowest BCUT2D eigenvalue weighted by atomic mass is 10.0. The Balaban J connectivity index is 1.73. The van der Waals surface area contributed by atoms with Crippen LogP contribution in [-0.4, -0.2) is 42.1 Å². The van der Waals surface area contributed by atoms with Gasteiger partial charge in [-0.2, -0.15) is 0 Å². The number of aliphatic carboxylic acids is 1. The summed E-state index contributed by atoms with van der Waals surface area (Å²) in [6.45, 7) is 5.19. The second kappa shape index (κ2) is 11.9. The normalized spacial score (nSPS) is 12.6. The maximum Gasteiger partial charge on any atom is 0.340 e. The zero-order valence-corrected chi connectivity index (χ0v) is 21.8. The van der Waals surface area contributed by atoms with Crippen LogP contribution in [0.1, 0.15) is 35.6 Å². The second-order valence-corrected chi connectivity index (χ2v) is 9.13. The second-order valence-electron chi connectivity index (χ2n) is 8.70. The van der Waals surface area contributed by atoms with Gasteiger partial charge in [0, 0.05) is 22.4 Å². The average Bonchev–Trinajstić information content (AvgIpc) is 2.86. The molecule has 9 nitrogen and oxygen atoms in total. The Morgan fingerprint density at radius 2 is 1.70 bits per heavy atom. The molecule has 0 aliphatic rings. The van der Waals surface area contributed by atoms with Gasteiger partial charge in [0.1, 0.15) is 23.4 Å². The molecule has 3 N–H and O–H groups in total. The topological polar surface area (TPSA) is 135 Å². The van der Waals surface area contributed by atoms with Crippen LogP contribution in [0.2, 0.25) is 5.02 Å². The van der Waals surface area contributed by atoms with E-state index in [1.807, 2.05) is 0 Å². The van der Waals surface area contributed by atoms with Gasteiger partial charge in [0.2, 0.25) is 11.8 Å². The highest BCUT2D eigenvalue weighted by atomic mass is 35.5. The van der Waals surface area contributed by atoms with E-state index >= 15 is 0 Å². The summed E-state index contributed by atoms with van der Waals surface area (Å²) in [5.41, 5.74) is 1.86. The molecule has 0 spiro atoms. The molecule has 0 unspecified atom stereocenters. The van der Waals surface area contributed by atoms with Gasteiger partial charge in [-0.1, -0.05) is 30.7 Å². The van der Waals surface area contributed by atoms with Gasteiger partial charge in [0.25, 0.3) is 0 Å². The molecule has 0 bridgehead atoms. The van der Waals surface area contributed by atoms with Crippen molar-refractivity contribution < 1.29 is 28.6 Å². The minimum absolute atomic E-state index is 0.0458. The SMILES string of the molecule is CC[C@H](NC(=O)Cc1c(C)c2ccc(OC)c(C)c2oc1=O)C(=O)N[C@H](Cc1ccc(Cl)cc1)C(=O)O. The lowest BCUT2D eigenvalue weighted by Gasteiger charge is -2.21. The number of methoxy groups -OCH3 is 1. The van der Waals surface area contributed by atoms with Gasteiger partial charge >= 0.3 is 11.6 Å². The predicted molar refractivity (Wildman–Crippen MR) is 139 cm³/mol. The molecule has 10 heteroatoms. The number of rotatable bonds is 10. The minimum atomic E-state index is -1.21. The first kappa shape index (κ1) is 27.7. The predicted octanol–water partition coefficient (Wildman–Crippen LogP) is 3.32. The smallest absolute Gasteiger partial charge is 0.340 e. The fraction of sp³-hybridized carbons (Fsp3) is 0.333. The van der Waals surface area contributed by atoms with E-state index in [4.69, 9.17) is 20.8 Å². The fourth-order valence-corrected chi connectivity index (χ4v) is 4.21. The van der Waals surface area contributed by atoms with E-state index in [-0.39, 0.29) is 24.8 Å². The first-order valence-electron chi connectivity index (χ1n) is 11.7. The Morgan fingerprint density at radius 1 is 1.03 bits per heavy atom. The van der Waals surface area contributed by atoms with Crippen molar-refractivity contribution in [1.29, 1.82) is 0 Å². The van der Waals surface area contributed by atoms with Crippen LogP contribution in [-0.2, 0) is 27.2 Å². The monoisotopic (exact) mass is 528 g/mol. The lowest BCUT2D eigenvalue weighted by molar-refractivity contribution is -0.142. The number of hydrogen-bond acceptors (Lipinski definition) is 6. The Hall–Kier alpha value is -3.85. The molecule has 1 heterocycles. The summed E-state index contributed by atoms with van der Waals surface area (Å²) >= 11 is 5.87. The summed E-state index contributed by atoms with van der Waals surface area (Å²) in [5.74, 6) is -1.83. The molecule has 0 saturated carbocycles. The molecule has 2 aromatic carbocycles. The number of nitrogens with one attached hydrogen (secondary N) is 2. The van der Waals surface area contributed by atoms with Crippen LogP contribution in [0.3, 0.4) is 0 Å². The zero-order valence-electron chi connectivity index (χ0n) is 21.0. The quantitative estimate of drug-likeness (QED) is 0.343. The highest BCUT2D eigenvalue weighted by molar-refractivity contribution is 6.30. The Labute approximate surface area is 218 Å². The lowest BCUT2D eigenvalue weighted by Crippen LogP contribution is -2.52. The van der Waals surface area contributed by atoms with Gasteiger partial charge in [0.05, 0.1) is 19.1 Å². The Kier molecular flexibility index (Phi) is 8.94. The standard InChI is InChI=1S/C27H29ClN2O7/c1-5-20(25(32)30-21(26(33)34)12-16-6-8-17(28)9-7-16)29-23(31)13-19-14(2)18-10-11-22(36-4)15(3)24(18)37-27(19)35/h6-11,20-21H,5,12-13H2,1-4H3,(H,29,31)(H,30,32)(H,33,34)/t20-,21+/m0/s1. The van der Waals surface area contributed by atoms with Crippen LogP contribution in [0, 0.1) is 13.8 Å². The van der Waals surface area contributed by atoms with Gasteiger partial charge in [0.15, 0.2) is 0 Å². The maximum atomic E-state index is 12.8. The number of benzene rings is 2. The zero-order chi connectivity index (χ0) is 27.3. The van der Waals surface area contributed by atoms with Crippen LogP contribution in [0.5, 0.6) is 5.75 Å². The summed E-state index contributed by atoms with van der Waals surface area (Å²) < 4.78 is 10.8. The molecule has 0 saturated heterocycles. The molecule has 0 radical (unpaired) electrons. The number of carboxylic acids is 1. The number of amides is 2. The van der Waals surface area contributed by atoms with E-state index in [9.17, 15) is 24.3 Å². The van der Waals surface area contributed by atoms with Crippen LogP contribution in [0.15, 0.2) is 45.6 Å². The van der Waals surface area contributed by atoms with Crippen LogP contribution in [0.25, 0.3) is 11.0 Å². The van der Waals surface area contributed by atoms with Gasteiger partial charge < -0.3 is 24.9 Å². The third-order valence-corrected chi connectivity index (χ3v) is 6.49. The van der Waals surface area contributed by atoms with Crippen LogP contribution < -0.4 is 21.0 Å². The van der Waals surface area contributed by atoms with Gasteiger partial charge in [-0.15, -0.1) is 0 Å². The molecule has 0 fully saturated rings. The Morgan fingerprint density at radius 3 is 2.30 bits per heavy atom. The van der Waals surface area contributed by atoms with Crippen molar-refractivity contribution in [2.75, 3.05) is 7.11 Å². The molecule has 0 aliphatic carbocycles. The number of ether oxygens (including phenoxy) is 1. The average molecular weight is 529 g/mol. The van der Waals surface area contributed by atoms with Crippen molar-refractivity contribution in [3.63, 3.8) is 0 Å². The van der Waals surface area contributed by atoms with Gasteiger partial charge in [-0.3, -0.25) is 9.59 Å². The third kappa shape index (κ3) is 6.48. The van der Waals surface area contributed by atoms with E-state index in [1.54, 1.807) is 57.2 Å². The molecule has 0 aliphatic heterocycles. The highest BCUT2D eigenvalue weighted by Crippen LogP contribution is 2.29. The van der Waals surface area contributed by atoms with Crippen molar-refractivity contribution >= 4 is 40.4 Å². The molecule has 2 atom stereocenters. The van der Waals surface area contributed by atoms with Gasteiger partial charge in [-0.25, -0.2) is 9.59 Å². The molecule has 1 aromatic heterocycles. The largest absolute Gasteiger partial charge is 0.496 e. The van der Waals surface area contributed by atoms with E-state index in [0.29, 0.717) is 38.4 Å². The number of halogens is 1. The molecule has 37 heavy (non-hydrogen) atoms. The van der Waals surface area contributed by atoms with E-state index < -0.39 is 35.5 Å². The van der Waals surface area contributed by atoms with Gasteiger partial charge in [-0.05, 0) is 55.7 Å². The van der Waals surface area contributed by atoms with E-state index in [2.05, 4.69) is 10.6 Å². The van der Waals surface area contributed by atoms with Crippen molar-refractivity contribution in [3.8, 4) is 5.75 Å². The summed E-state index contributed by atoms with van der Waals surface area (Å²) in [6, 6.07) is 7.96. The van der Waals surface area contributed by atoms with Crippen molar-refractivity contribution in [2.45, 2.75) is 52.1 Å². The van der Waals surface area contributed by atoms with Crippen molar-refractivity contribution in [2.24, 2.45) is 0 Å². The molecule has 3 aromatic rings. The van der Waals surface area contributed by atoms with E-state index in [0.717, 1.165) is 0 Å². The first-order valence-corrected chi connectivity index (χ1v) is 12.1. The van der Waals surface area contributed by atoms with Crippen molar-refractivity contribution in [3.05, 3.63) is 74.1 Å². The number of fused-ring (bicyclic) bond motifs is 1. The first-order chi connectivity index (χ1) is 17.5. The number of hydrogen-bond donors (Lipinski definition) is 3. The molecular weight excluding hydrogens is 500 g/mol. The highest BCUT2D eigenvalue weighted by Gasteiger charge is 2.26. The number of carboxylic acid groups (broad SMARTS) is 1. The molecule has 196 valence electrons.